The summed E-state index contributed by atoms with van der Waals surface area (Å²) in [4.78, 5) is 34.2. The summed E-state index contributed by atoms with van der Waals surface area (Å²) in [6.07, 6.45) is 6.17. The van der Waals surface area contributed by atoms with Crippen LogP contribution in [0.15, 0.2) is 54.9 Å². The van der Waals surface area contributed by atoms with Gasteiger partial charge in [0.25, 0.3) is 0 Å². The summed E-state index contributed by atoms with van der Waals surface area (Å²) >= 11 is 0. The Morgan fingerprint density at radius 1 is 1.17 bits per heavy atom. The lowest BCUT2D eigenvalue weighted by Gasteiger charge is -2.25. The molecule has 1 aromatic carbocycles. The van der Waals surface area contributed by atoms with Crippen molar-refractivity contribution in [1.29, 1.82) is 0 Å². The van der Waals surface area contributed by atoms with E-state index in [1.165, 1.54) is 0 Å². The van der Waals surface area contributed by atoms with Crippen molar-refractivity contribution in [1.82, 2.24) is 14.3 Å². The average molecular weight is 388 g/mol. The standard InChI is InChI=1S/C23H24N4O2/c1-16-5-7-18(8-6-16)26-14-17(12-22(26)28)23(29)27(19-9-10-19)15-20-13-24-21-4-2-3-11-25(20)21/h2-8,11,13,17,19H,9-10,12,14-15H2,1H3. The van der Waals surface area contributed by atoms with E-state index in [1.807, 2.05) is 71.1 Å². The number of amides is 2. The zero-order chi connectivity index (χ0) is 20.0. The number of hydrogen-bond donors (Lipinski definition) is 0. The van der Waals surface area contributed by atoms with Crippen LogP contribution < -0.4 is 4.90 Å². The van der Waals surface area contributed by atoms with Crippen molar-refractivity contribution in [3.05, 3.63) is 66.1 Å². The van der Waals surface area contributed by atoms with Crippen LogP contribution in [0.4, 0.5) is 5.69 Å². The molecular weight excluding hydrogens is 364 g/mol. The van der Waals surface area contributed by atoms with Crippen LogP contribution in [-0.2, 0) is 16.1 Å². The highest BCUT2D eigenvalue weighted by Crippen LogP contribution is 2.33. The first-order valence-electron chi connectivity index (χ1n) is 10.2. The van der Waals surface area contributed by atoms with Gasteiger partial charge in [0.05, 0.1) is 24.4 Å². The topological polar surface area (TPSA) is 57.9 Å². The minimum Gasteiger partial charge on any atom is -0.334 e. The van der Waals surface area contributed by atoms with Gasteiger partial charge in [-0.3, -0.25) is 9.59 Å². The van der Waals surface area contributed by atoms with Gasteiger partial charge in [0.15, 0.2) is 0 Å². The van der Waals surface area contributed by atoms with Crippen LogP contribution in [0.1, 0.15) is 30.5 Å². The number of pyridine rings is 1. The Balaban J connectivity index is 1.35. The molecule has 2 aliphatic rings. The van der Waals surface area contributed by atoms with Gasteiger partial charge in [0, 0.05) is 30.9 Å². The van der Waals surface area contributed by atoms with Crippen LogP contribution in [0, 0.1) is 12.8 Å². The molecule has 148 valence electrons. The highest BCUT2D eigenvalue weighted by molar-refractivity contribution is 6.00. The quantitative estimate of drug-likeness (QED) is 0.675. The van der Waals surface area contributed by atoms with Gasteiger partial charge in [-0.15, -0.1) is 0 Å². The molecule has 1 atom stereocenters. The zero-order valence-electron chi connectivity index (χ0n) is 16.5. The number of aryl methyl sites for hydroxylation is 1. The Morgan fingerprint density at radius 3 is 2.72 bits per heavy atom. The van der Waals surface area contributed by atoms with Gasteiger partial charge >= 0.3 is 0 Å². The van der Waals surface area contributed by atoms with Crippen LogP contribution in [0.5, 0.6) is 0 Å². The lowest BCUT2D eigenvalue weighted by atomic mass is 10.1. The Kier molecular flexibility index (Phi) is 4.34. The zero-order valence-corrected chi connectivity index (χ0v) is 16.5. The summed E-state index contributed by atoms with van der Waals surface area (Å²) < 4.78 is 2.03. The van der Waals surface area contributed by atoms with Crippen molar-refractivity contribution in [3.8, 4) is 0 Å². The van der Waals surface area contributed by atoms with Gasteiger partial charge < -0.3 is 14.2 Å². The second-order valence-corrected chi connectivity index (χ2v) is 8.12. The summed E-state index contributed by atoms with van der Waals surface area (Å²) in [6, 6.07) is 14.1. The first kappa shape index (κ1) is 17.9. The molecule has 2 aromatic heterocycles. The average Bonchev–Trinajstić information content (AvgIpc) is 3.38. The highest BCUT2D eigenvalue weighted by atomic mass is 16.2. The molecule has 0 N–H and O–H groups in total. The molecule has 29 heavy (non-hydrogen) atoms. The molecule has 3 aromatic rings. The number of aromatic nitrogens is 2. The molecular formula is C23H24N4O2. The van der Waals surface area contributed by atoms with E-state index in [4.69, 9.17) is 0 Å². The molecule has 0 radical (unpaired) electrons. The maximum atomic E-state index is 13.4. The molecule has 0 spiro atoms. The number of nitrogens with zero attached hydrogens (tertiary/aromatic N) is 4. The summed E-state index contributed by atoms with van der Waals surface area (Å²) in [6.45, 7) is 3.01. The highest BCUT2D eigenvalue weighted by Gasteiger charge is 2.41. The van der Waals surface area contributed by atoms with Crippen LogP contribution in [0.3, 0.4) is 0 Å². The molecule has 1 aliphatic heterocycles. The van der Waals surface area contributed by atoms with Crippen molar-refractivity contribution in [2.24, 2.45) is 5.92 Å². The van der Waals surface area contributed by atoms with Crippen molar-refractivity contribution < 1.29 is 9.59 Å². The van der Waals surface area contributed by atoms with Gasteiger partial charge in [0.2, 0.25) is 11.8 Å². The fourth-order valence-electron chi connectivity index (χ4n) is 4.13. The monoisotopic (exact) mass is 388 g/mol. The van der Waals surface area contributed by atoms with Crippen molar-refractivity contribution in [2.75, 3.05) is 11.4 Å². The van der Waals surface area contributed by atoms with Crippen LogP contribution >= 0.6 is 0 Å². The third-order valence-electron chi connectivity index (χ3n) is 5.92. The molecule has 1 saturated heterocycles. The van der Waals surface area contributed by atoms with Gasteiger partial charge in [-0.25, -0.2) is 4.98 Å². The normalized spacial score (nSPS) is 19.1. The van der Waals surface area contributed by atoms with Crippen molar-refractivity contribution in [3.63, 3.8) is 0 Å². The lowest BCUT2D eigenvalue weighted by molar-refractivity contribution is -0.137. The Hall–Kier alpha value is -3.15. The first-order chi connectivity index (χ1) is 14.1. The summed E-state index contributed by atoms with van der Waals surface area (Å²) in [5.74, 6) is -0.178. The molecule has 2 amide bonds. The Bertz CT molecular complexity index is 1070. The van der Waals surface area contributed by atoms with Gasteiger partial charge in [-0.05, 0) is 44.0 Å². The minimum atomic E-state index is -0.288. The number of carbonyl (C=O) groups is 2. The van der Waals surface area contributed by atoms with E-state index in [1.54, 1.807) is 4.90 Å². The maximum absolute atomic E-state index is 13.4. The molecule has 3 heterocycles. The molecule has 2 fully saturated rings. The number of fused-ring (bicyclic) bond motifs is 1. The predicted molar refractivity (Wildman–Crippen MR) is 110 cm³/mol. The smallest absolute Gasteiger partial charge is 0.228 e. The lowest BCUT2D eigenvalue weighted by Crippen LogP contribution is -2.38. The molecule has 1 unspecified atom stereocenters. The van der Waals surface area contributed by atoms with E-state index < -0.39 is 0 Å². The van der Waals surface area contributed by atoms with Crippen molar-refractivity contribution in [2.45, 2.75) is 38.8 Å². The fourth-order valence-corrected chi connectivity index (χ4v) is 4.13. The number of hydrogen-bond acceptors (Lipinski definition) is 3. The third kappa shape index (κ3) is 3.39. The van der Waals surface area contributed by atoms with E-state index in [0.717, 1.165) is 35.4 Å². The number of carbonyl (C=O) groups excluding carboxylic acids is 2. The number of imidazole rings is 1. The third-order valence-corrected chi connectivity index (χ3v) is 5.92. The van der Waals surface area contributed by atoms with E-state index >= 15 is 0 Å². The second kappa shape index (κ2) is 7.03. The number of benzene rings is 1. The van der Waals surface area contributed by atoms with Gasteiger partial charge in [0.1, 0.15) is 5.65 Å². The van der Waals surface area contributed by atoms with E-state index in [2.05, 4.69) is 4.98 Å². The molecule has 5 rings (SSSR count). The van der Waals surface area contributed by atoms with Crippen molar-refractivity contribution >= 4 is 23.1 Å². The van der Waals surface area contributed by atoms with E-state index in [-0.39, 0.29) is 30.2 Å². The van der Waals surface area contributed by atoms with Gasteiger partial charge in [-0.2, -0.15) is 0 Å². The molecule has 6 nitrogen and oxygen atoms in total. The largest absolute Gasteiger partial charge is 0.334 e. The molecule has 6 heteroatoms. The summed E-state index contributed by atoms with van der Waals surface area (Å²) in [5.41, 5.74) is 3.91. The summed E-state index contributed by atoms with van der Waals surface area (Å²) in [7, 11) is 0. The van der Waals surface area contributed by atoms with Crippen LogP contribution in [0.25, 0.3) is 5.65 Å². The molecule has 0 bridgehead atoms. The molecule has 1 saturated carbocycles. The Labute approximate surface area is 169 Å². The van der Waals surface area contributed by atoms with E-state index in [9.17, 15) is 9.59 Å². The van der Waals surface area contributed by atoms with Crippen LogP contribution in [0.2, 0.25) is 0 Å². The van der Waals surface area contributed by atoms with Gasteiger partial charge in [-0.1, -0.05) is 23.8 Å². The second-order valence-electron chi connectivity index (χ2n) is 8.12. The fraction of sp³-hybridized carbons (Fsp3) is 0.348. The number of rotatable bonds is 5. The Morgan fingerprint density at radius 2 is 1.97 bits per heavy atom. The maximum Gasteiger partial charge on any atom is 0.228 e. The molecule has 1 aliphatic carbocycles. The first-order valence-corrected chi connectivity index (χ1v) is 10.2. The number of anilines is 1. The van der Waals surface area contributed by atoms with E-state index in [0.29, 0.717) is 13.1 Å². The minimum absolute atomic E-state index is 0.0257. The SMILES string of the molecule is Cc1ccc(N2CC(C(=O)N(Cc3cnc4ccccn34)C3CC3)CC2=O)cc1. The van der Waals surface area contributed by atoms with Crippen LogP contribution in [-0.4, -0.2) is 38.7 Å². The predicted octanol–water partition coefficient (Wildman–Crippen LogP) is 3.19. The summed E-state index contributed by atoms with van der Waals surface area (Å²) in [5, 5.41) is 0.